The normalized spacial score (nSPS) is 12.6. The number of nitrogens with one attached hydrogen (secondary N) is 1. The van der Waals surface area contributed by atoms with Crippen LogP contribution in [0.1, 0.15) is 64.0 Å². The van der Waals surface area contributed by atoms with Crippen LogP contribution in [0.5, 0.6) is 0 Å². The highest BCUT2D eigenvalue weighted by Crippen LogP contribution is 2.25. The molecule has 108 valence electrons. The Morgan fingerprint density at radius 2 is 1.89 bits per heavy atom. The Kier molecular flexibility index (Phi) is 8.31. The fourth-order valence-electron chi connectivity index (χ4n) is 2.31. The first-order valence-corrected chi connectivity index (χ1v) is 8.16. The van der Waals surface area contributed by atoms with Gasteiger partial charge in [-0.05, 0) is 46.6 Å². The van der Waals surface area contributed by atoms with Crippen LogP contribution in [0, 0.1) is 5.82 Å². The zero-order valence-electron chi connectivity index (χ0n) is 12.0. The molecule has 1 unspecified atom stereocenters. The van der Waals surface area contributed by atoms with Gasteiger partial charge in [0.1, 0.15) is 5.82 Å². The third-order valence-electron chi connectivity index (χ3n) is 3.39. The van der Waals surface area contributed by atoms with E-state index in [1.807, 2.05) is 12.1 Å². The molecule has 1 rings (SSSR count). The van der Waals surface area contributed by atoms with Crippen LogP contribution < -0.4 is 5.32 Å². The molecule has 19 heavy (non-hydrogen) atoms. The number of hydrogen-bond donors (Lipinski definition) is 1. The van der Waals surface area contributed by atoms with Crippen LogP contribution in [0.3, 0.4) is 0 Å². The number of rotatable bonds is 9. The quantitative estimate of drug-likeness (QED) is 0.581. The summed E-state index contributed by atoms with van der Waals surface area (Å²) in [7, 11) is 0. The second-order valence-electron chi connectivity index (χ2n) is 4.99. The summed E-state index contributed by atoms with van der Waals surface area (Å²) in [6, 6.07) is 5.66. The maximum atomic E-state index is 13.3. The third kappa shape index (κ3) is 6.05. The smallest absolute Gasteiger partial charge is 0.137 e. The summed E-state index contributed by atoms with van der Waals surface area (Å²) >= 11 is 3.27. The predicted molar refractivity (Wildman–Crippen MR) is 83.9 cm³/mol. The van der Waals surface area contributed by atoms with E-state index in [-0.39, 0.29) is 5.82 Å². The molecular formula is C16H25BrFN. The molecule has 1 aromatic carbocycles. The fourth-order valence-corrected chi connectivity index (χ4v) is 2.71. The van der Waals surface area contributed by atoms with Gasteiger partial charge in [-0.15, -0.1) is 0 Å². The Labute approximate surface area is 125 Å². The third-order valence-corrected chi connectivity index (χ3v) is 4.00. The zero-order chi connectivity index (χ0) is 14.1. The SMILES string of the molecule is CCCCCCCC(NCC)c1ccc(F)c(Br)c1. The van der Waals surface area contributed by atoms with E-state index in [4.69, 9.17) is 0 Å². The Morgan fingerprint density at radius 3 is 2.53 bits per heavy atom. The van der Waals surface area contributed by atoms with Crippen LogP contribution in [0.4, 0.5) is 4.39 Å². The maximum absolute atomic E-state index is 13.3. The maximum Gasteiger partial charge on any atom is 0.137 e. The Balaban J connectivity index is 2.53. The van der Waals surface area contributed by atoms with Gasteiger partial charge in [-0.25, -0.2) is 4.39 Å². The van der Waals surface area contributed by atoms with Crippen LogP contribution in [0.15, 0.2) is 22.7 Å². The van der Waals surface area contributed by atoms with Gasteiger partial charge in [0.15, 0.2) is 0 Å². The molecule has 0 saturated heterocycles. The molecular weight excluding hydrogens is 305 g/mol. The molecule has 0 aromatic heterocycles. The molecule has 0 heterocycles. The van der Waals surface area contributed by atoms with E-state index in [0.717, 1.165) is 13.0 Å². The standard InChI is InChI=1S/C16H25BrFN/c1-3-5-6-7-8-9-16(19-4-2)13-10-11-15(18)14(17)12-13/h10-12,16,19H,3-9H2,1-2H3. The van der Waals surface area contributed by atoms with E-state index in [9.17, 15) is 4.39 Å². The first-order valence-electron chi connectivity index (χ1n) is 7.37. The average molecular weight is 330 g/mol. The highest BCUT2D eigenvalue weighted by atomic mass is 79.9. The van der Waals surface area contributed by atoms with E-state index in [0.29, 0.717) is 10.5 Å². The first kappa shape index (κ1) is 16.6. The molecule has 1 N–H and O–H groups in total. The summed E-state index contributed by atoms with van der Waals surface area (Å²) in [5, 5.41) is 3.49. The highest BCUT2D eigenvalue weighted by Gasteiger charge is 2.11. The zero-order valence-corrected chi connectivity index (χ0v) is 13.6. The summed E-state index contributed by atoms with van der Waals surface area (Å²) in [5.41, 5.74) is 1.17. The van der Waals surface area contributed by atoms with Crippen molar-refractivity contribution in [2.24, 2.45) is 0 Å². The van der Waals surface area contributed by atoms with Crippen molar-refractivity contribution in [3.63, 3.8) is 0 Å². The van der Waals surface area contributed by atoms with Gasteiger partial charge >= 0.3 is 0 Å². The Bertz CT molecular complexity index is 368. The molecule has 1 atom stereocenters. The van der Waals surface area contributed by atoms with Gasteiger partial charge < -0.3 is 5.32 Å². The lowest BCUT2D eigenvalue weighted by Crippen LogP contribution is -2.20. The molecule has 0 aliphatic rings. The average Bonchev–Trinajstić information content (AvgIpc) is 2.40. The van der Waals surface area contributed by atoms with Gasteiger partial charge in [-0.1, -0.05) is 52.0 Å². The van der Waals surface area contributed by atoms with Gasteiger partial charge in [0.25, 0.3) is 0 Å². The number of halogens is 2. The summed E-state index contributed by atoms with van der Waals surface area (Å²) in [6.07, 6.45) is 7.57. The lowest BCUT2D eigenvalue weighted by Gasteiger charge is -2.18. The second-order valence-corrected chi connectivity index (χ2v) is 5.84. The summed E-state index contributed by atoms with van der Waals surface area (Å²) in [4.78, 5) is 0. The Morgan fingerprint density at radius 1 is 1.16 bits per heavy atom. The molecule has 0 spiro atoms. The minimum Gasteiger partial charge on any atom is -0.310 e. The lowest BCUT2D eigenvalue weighted by atomic mass is 9.99. The van der Waals surface area contributed by atoms with Gasteiger partial charge in [0, 0.05) is 6.04 Å². The van der Waals surface area contributed by atoms with E-state index in [1.54, 1.807) is 6.07 Å². The second kappa shape index (κ2) is 9.49. The molecule has 0 saturated carbocycles. The van der Waals surface area contributed by atoms with Crippen molar-refractivity contribution in [1.82, 2.24) is 5.32 Å². The molecule has 0 fully saturated rings. The lowest BCUT2D eigenvalue weighted by molar-refractivity contribution is 0.478. The van der Waals surface area contributed by atoms with E-state index >= 15 is 0 Å². The summed E-state index contributed by atoms with van der Waals surface area (Å²) < 4.78 is 13.8. The van der Waals surface area contributed by atoms with Crippen LogP contribution in [0.25, 0.3) is 0 Å². The van der Waals surface area contributed by atoms with Crippen LogP contribution in [-0.2, 0) is 0 Å². The number of benzene rings is 1. The van der Waals surface area contributed by atoms with Crippen molar-refractivity contribution in [1.29, 1.82) is 0 Å². The van der Waals surface area contributed by atoms with Gasteiger partial charge in [-0.3, -0.25) is 0 Å². The van der Waals surface area contributed by atoms with E-state index < -0.39 is 0 Å². The predicted octanol–water partition coefficient (Wildman–Crippen LogP) is 5.60. The minimum absolute atomic E-state index is 0.193. The van der Waals surface area contributed by atoms with Crippen molar-refractivity contribution < 1.29 is 4.39 Å². The topological polar surface area (TPSA) is 12.0 Å². The monoisotopic (exact) mass is 329 g/mol. The highest BCUT2D eigenvalue weighted by molar-refractivity contribution is 9.10. The van der Waals surface area contributed by atoms with Crippen molar-refractivity contribution >= 4 is 15.9 Å². The van der Waals surface area contributed by atoms with Gasteiger partial charge in [0.2, 0.25) is 0 Å². The largest absolute Gasteiger partial charge is 0.310 e. The van der Waals surface area contributed by atoms with Crippen molar-refractivity contribution in [3.8, 4) is 0 Å². The molecule has 0 amide bonds. The molecule has 1 aromatic rings. The van der Waals surface area contributed by atoms with E-state index in [2.05, 4.69) is 35.1 Å². The van der Waals surface area contributed by atoms with Crippen LogP contribution in [0.2, 0.25) is 0 Å². The molecule has 0 aliphatic heterocycles. The molecule has 3 heteroatoms. The number of hydrogen-bond acceptors (Lipinski definition) is 1. The number of unbranched alkanes of at least 4 members (excludes halogenated alkanes) is 4. The fraction of sp³-hybridized carbons (Fsp3) is 0.625. The van der Waals surface area contributed by atoms with Crippen LogP contribution >= 0.6 is 15.9 Å². The summed E-state index contributed by atoms with van der Waals surface area (Å²) in [5.74, 6) is -0.193. The Hall–Kier alpha value is -0.410. The minimum atomic E-state index is -0.193. The summed E-state index contributed by atoms with van der Waals surface area (Å²) in [6.45, 7) is 5.29. The van der Waals surface area contributed by atoms with Crippen molar-refractivity contribution in [3.05, 3.63) is 34.1 Å². The molecule has 1 nitrogen and oxygen atoms in total. The van der Waals surface area contributed by atoms with Crippen molar-refractivity contribution in [2.75, 3.05) is 6.54 Å². The molecule has 0 bridgehead atoms. The molecule has 0 aliphatic carbocycles. The van der Waals surface area contributed by atoms with E-state index in [1.165, 1.54) is 37.7 Å². The van der Waals surface area contributed by atoms with Gasteiger partial charge in [-0.2, -0.15) is 0 Å². The van der Waals surface area contributed by atoms with Crippen molar-refractivity contribution in [2.45, 2.75) is 58.4 Å². The van der Waals surface area contributed by atoms with Gasteiger partial charge in [0.05, 0.1) is 4.47 Å². The van der Waals surface area contributed by atoms with Crippen LogP contribution in [-0.4, -0.2) is 6.54 Å². The molecule has 0 radical (unpaired) electrons. The first-order chi connectivity index (χ1) is 9.19.